The van der Waals surface area contributed by atoms with Gasteiger partial charge in [0.1, 0.15) is 0 Å². The van der Waals surface area contributed by atoms with E-state index in [1.807, 2.05) is 0 Å². The van der Waals surface area contributed by atoms with Crippen LogP contribution in [0.5, 0.6) is 0 Å². The van der Waals surface area contributed by atoms with Gasteiger partial charge in [0.25, 0.3) is 0 Å². The van der Waals surface area contributed by atoms with Crippen LogP contribution >= 0.6 is 0 Å². The van der Waals surface area contributed by atoms with E-state index in [0.29, 0.717) is 0 Å². The highest BCUT2D eigenvalue weighted by Crippen LogP contribution is 2.40. The maximum absolute atomic E-state index is 3.81. The van der Waals surface area contributed by atoms with Crippen LogP contribution in [0.1, 0.15) is 49.1 Å². The summed E-state index contributed by atoms with van der Waals surface area (Å²) in [5.41, 5.74) is 3.04. The SMILES string of the molecule is c1cc(CNC2CCN3CCCC23)cc(C2CC2)c1. The number of hydrogen-bond acceptors (Lipinski definition) is 2. The van der Waals surface area contributed by atoms with Gasteiger partial charge in [-0.1, -0.05) is 24.3 Å². The van der Waals surface area contributed by atoms with Gasteiger partial charge in [-0.3, -0.25) is 4.90 Å². The zero-order valence-corrected chi connectivity index (χ0v) is 11.6. The van der Waals surface area contributed by atoms with Crippen molar-refractivity contribution in [3.05, 3.63) is 35.4 Å². The lowest BCUT2D eigenvalue weighted by atomic mass is 10.0. The van der Waals surface area contributed by atoms with Crippen molar-refractivity contribution in [3.63, 3.8) is 0 Å². The van der Waals surface area contributed by atoms with E-state index in [1.54, 1.807) is 5.56 Å². The van der Waals surface area contributed by atoms with Crippen LogP contribution in [0.3, 0.4) is 0 Å². The fraction of sp³-hybridized carbons (Fsp3) is 0.647. The Morgan fingerprint density at radius 2 is 2.05 bits per heavy atom. The molecule has 2 atom stereocenters. The predicted molar refractivity (Wildman–Crippen MR) is 78.3 cm³/mol. The van der Waals surface area contributed by atoms with Gasteiger partial charge in [0, 0.05) is 25.2 Å². The Morgan fingerprint density at radius 3 is 2.95 bits per heavy atom. The normalized spacial score (nSPS) is 30.7. The molecule has 3 aliphatic rings. The minimum atomic E-state index is 0.729. The van der Waals surface area contributed by atoms with Crippen LogP contribution in [0, 0.1) is 0 Å². The number of nitrogens with zero attached hydrogens (tertiary/aromatic N) is 1. The molecule has 1 aliphatic carbocycles. The highest BCUT2D eigenvalue weighted by Gasteiger charge is 2.36. The molecule has 0 amide bonds. The van der Waals surface area contributed by atoms with Crippen LogP contribution in [0.4, 0.5) is 0 Å². The lowest BCUT2D eigenvalue weighted by molar-refractivity contribution is 0.298. The van der Waals surface area contributed by atoms with E-state index in [4.69, 9.17) is 0 Å². The van der Waals surface area contributed by atoms with Gasteiger partial charge < -0.3 is 5.32 Å². The number of nitrogens with one attached hydrogen (secondary N) is 1. The van der Waals surface area contributed by atoms with Crippen molar-refractivity contribution in [1.29, 1.82) is 0 Å². The standard InChI is InChI=1S/C17H24N2/c1-3-13(11-15(4-1)14-6-7-14)12-18-16-8-10-19-9-2-5-17(16)19/h1,3-4,11,14,16-18H,2,5-10,12H2. The molecule has 0 spiro atoms. The van der Waals surface area contributed by atoms with E-state index in [9.17, 15) is 0 Å². The summed E-state index contributed by atoms with van der Waals surface area (Å²) in [6.07, 6.45) is 6.94. The summed E-state index contributed by atoms with van der Waals surface area (Å²) in [5.74, 6) is 0.872. The molecule has 1 aromatic rings. The minimum absolute atomic E-state index is 0.729. The Morgan fingerprint density at radius 1 is 1.11 bits per heavy atom. The van der Waals surface area contributed by atoms with Gasteiger partial charge >= 0.3 is 0 Å². The van der Waals surface area contributed by atoms with Crippen molar-refractivity contribution >= 4 is 0 Å². The van der Waals surface area contributed by atoms with Gasteiger partial charge in [0.2, 0.25) is 0 Å². The van der Waals surface area contributed by atoms with Crippen molar-refractivity contribution in [2.24, 2.45) is 0 Å². The Hall–Kier alpha value is -0.860. The summed E-state index contributed by atoms with van der Waals surface area (Å²) >= 11 is 0. The van der Waals surface area contributed by atoms with Gasteiger partial charge in [0.05, 0.1) is 0 Å². The fourth-order valence-electron chi connectivity index (χ4n) is 3.94. The van der Waals surface area contributed by atoms with Gasteiger partial charge in [-0.05, 0) is 55.7 Å². The molecule has 102 valence electrons. The Bertz CT molecular complexity index is 452. The summed E-state index contributed by atoms with van der Waals surface area (Å²) in [4.78, 5) is 2.68. The summed E-state index contributed by atoms with van der Waals surface area (Å²) < 4.78 is 0. The molecule has 1 aromatic carbocycles. The summed E-state index contributed by atoms with van der Waals surface area (Å²) in [6.45, 7) is 3.69. The minimum Gasteiger partial charge on any atom is -0.308 e. The fourth-order valence-corrected chi connectivity index (χ4v) is 3.94. The first-order valence-electron chi connectivity index (χ1n) is 7.96. The van der Waals surface area contributed by atoms with Crippen molar-refractivity contribution in [2.75, 3.05) is 13.1 Å². The summed E-state index contributed by atoms with van der Waals surface area (Å²) in [6, 6.07) is 10.8. The Balaban J connectivity index is 1.38. The molecule has 2 saturated heterocycles. The Kier molecular flexibility index (Phi) is 3.08. The maximum Gasteiger partial charge on any atom is 0.0250 e. The molecule has 2 aliphatic heterocycles. The quantitative estimate of drug-likeness (QED) is 0.891. The molecule has 0 radical (unpaired) electrons. The summed E-state index contributed by atoms with van der Waals surface area (Å²) in [7, 11) is 0. The molecule has 4 rings (SSSR count). The Labute approximate surface area is 116 Å². The molecule has 0 bridgehead atoms. The average Bonchev–Trinajstić information content (AvgIpc) is 3.06. The first-order valence-corrected chi connectivity index (χ1v) is 7.96. The largest absolute Gasteiger partial charge is 0.308 e. The third-order valence-corrected chi connectivity index (χ3v) is 5.17. The molecular formula is C17H24N2. The molecule has 3 fully saturated rings. The highest BCUT2D eigenvalue weighted by atomic mass is 15.2. The molecule has 19 heavy (non-hydrogen) atoms. The van der Waals surface area contributed by atoms with Crippen LogP contribution < -0.4 is 5.32 Å². The zero-order valence-electron chi connectivity index (χ0n) is 11.6. The van der Waals surface area contributed by atoms with E-state index < -0.39 is 0 Å². The van der Waals surface area contributed by atoms with Gasteiger partial charge in [-0.2, -0.15) is 0 Å². The second-order valence-corrected chi connectivity index (χ2v) is 6.54. The molecule has 2 heteroatoms. The molecule has 2 nitrogen and oxygen atoms in total. The lowest BCUT2D eigenvalue weighted by Crippen LogP contribution is -2.38. The first kappa shape index (κ1) is 11.9. The van der Waals surface area contributed by atoms with E-state index in [-0.39, 0.29) is 0 Å². The number of hydrogen-bond donors (Lipinski definition) is 1. The van der Waals surface area contributed by atoms with Gasteiger partial charge in [0.15, 0.2) is 0 Å². The monoisotopic (exact) mass is 256 g/mol. The van der Waals surface area contributed by atoms with Crippen LogP contribution in [0.25, 0.3) is 0 Å². The van der Waals surface area contributed by atoms with Gasteiger partial charge in [-0.25, -0.2) is 0 Å². The second kappa shape index (κ2) is 4.92. The first-order chi connectivity index (χ1) is 9.40. The average molecular weight is 256 g/mol. The van der Waals surface area contributed by atoms with Crippen LogP contribution in [-0.4, -0.2) is 30.1 Å². The predicted octanol–water partition coefficient (Wildman–Crippen LogP) is 2.89. The van der Waals surface area contributed by atoms with Crippen LogP contribution in [-0.2, 0) is 6.54 Å². The van der Waals surface area contributed by atoms with E-state index in [1.165, 1.54) is 50.8 Å². The van der Waals surface area contributed by atoms with Crippen molar-refractivity contribution in [3.8, 4) is 0 Å². The molecular weight excluding hydrogens is 232 g/mol. The molecule has 2 unspecified atom stereocenters. The molecule has 2 heterocycles. The zero-order chi connectivity index (χ0) is 12.7. The van der Waals surface area contributed by atoms with Crippen molar-refractivity contribution < 1.29 is 0 Å². The van der Waals surface area contributed by atoms with Crippen LogP contribution in [0.15, 0.2) is 24.3 Å². The molecule has 0 aromatic heterocycles. The smallest absolute Gasteiger partial charge is 0.0250 e. The molecule has 1 saturated carbocycles. The maximum atomic E-state index is 3.81. The number of fused-ring (bicyclic) bond motifs is 1. The van der Waals surface area contributed by atoms with Crippen LogP contribution in [0.2, 0.25) is 0 Å². The number of benzene rings is 1. The van der Waals surface area contributed by atoms with Crippen molar-refractivity contribution in [1.82, 2.24) is 10.2 Å². The third kappa shape index (κ3) is 2.44. The second-order valence-electron chi connectivity index (χ2n) is 6.54. The highest BCUT2D eigenvalue weighted by molar-refractivity contribution is 5.29. The van der Waals surface area contributed by atoms with E-state index in [2.05, 4.69) is 34.5 Å². The van der Waals surface area contributed by atoms with Gasteiger partial charge in [-0.15, -0.1) is 0 Å². The lowest BCUT2D eigenvalue weighted by Gasteiger charge is -2.21. The number of rotatable bonds is 4. The topological polar surface area (TPSA) is 15.3 Å². The molecule has 1 N–H and O–H groups in total. The van der Waals surface area contributed by atoms with E-state index >= 15 is 0 Å². The summed E-state index contributed by atoms with van der Waals surface area (Å²) in [5, 5.41) is 3.81. The van der Waals surface area contributed by atoms with E-state index in [0.717, 1.165) is 24.5 Å². The third-order valence-electron chi connectivity index (χ3n) is 5.17. The van der Waals surface area contributed by atoms with Crippen molar-refractivity contribution in [2.45, 2.75) is 56.7 Å².